The molecule has 3 nitrogen and oxygen atoms in total. The van der Waals surface area contributed by atoms with E-state index in [1.807, 2.05) is 13.8 Å². The van der Waals surface area contributed by atoms with Crippen molar-refractivity contribution in [2.24, 2.45) is 5.92 Å². The van der Waals surface area contributed by atoms with Gasteiger partial charge >= 0.3 is 0 Å². The van der Waals surface area contributed by atoms with Gasteiger partial charge in [0, 0.05) is 13.2 Å². The van der Waals surface area contributed by atoms with Crippen LogP contribution >= 0.6 is 0 Å². The minimum absolute atomic E-state index is 0.0325. The zero-order chi connectivity index (χ0) is 9.68. The average Bonchev–Trinajstić information content (AvgIpc) is 2.18. The second-order valence-corrected chi connectivity index (χ2v) is 3.76. The summed E-state index contributed by atoms with van der Waals surface area (Å²) in [6, 6.07) is 0. The van der Waals surface area contributed by atoms with E-state index in [2.05, 4.69) is 5.32 Å². The fraction of sp³-hybridized carbons (Fsp3) is 1.00. The Hall–Kier alpha value is -0.120. The van der Waals surface area contributed by atoms with Crippen LogP contribution in [-0.2, 0) is 4.74 Å². The molecule has 1 saturated heterocycles. The Morgan fingerprint density at radius 3 is 2.92 bits per heavy atom. The number of aliphatic hydroxyl groups excluding tert-OH is 1. The average molecular weight is 187 g/mol. The number of nitrogens with one attached hydrogen (secondary N) is 1. The Morgan fingerprint density at radius 1 is 1.62 bits per heavy atom. The highest BCUT2D eigenvalue weighted by atomic mass is 16.5. The van der Waals surface area contributed by atoms with Crippen molar-refractivity contribution in [3.8, 4) is 0 Å². The van der Waals surface area contributed by atoms with Gasteiger partial charge in [-0.1, -0.05) is 0 Å². The summed E-state index contributed by atoms with van der Waals surface area (Å²) in [6.45, 7) is 6.61. The van der Waals surface area contributed by atoms with Gasteiger partial charge in [-0.05, 0) is 39.2 Å². The van der Waals surface area contributed by atoms with Crippen LogP contribution in [0.15, 0.2) is 0 Å². The van der Waals surface area contributed by atoms with Gasteiger partial charge < -0.3 is 15.2 Å². The van der Waals surface area contributed by atoms with Crippen molar-refractivity contribution in [2.75, 3.05) is 19.7 Å². The third-order valence-corrected chi connectivity index (χ3v) is 2.73. The molecule has 3 unspecified atom stereocenters. The summed E-state index contributed by atoms with van der Waals surface area (Å²) >= 11 is 0. The van der Waals surface area contributed by atoms with Crippen molar-refractivity contribution in [3.63, 3.8) is 0 Å². The summed E-state index contributed by atoms with van der Waals surface area (Å²) in [4.78, 5) is 0. The van der Waals surface area contributed by atoms with Gasteiger partial charge in [0.2, 0.25) is 0 Å². The molecule has 3 atom stereocenters. The second kappa shape index (κ2) is 5.58. The normalized spacial score (nSPS) is 28.4. The molecular formula is C10H21NO2. The summed E-state index contributed by atoms with van der Waals surface area (Å²) in [7, 11) is 0. The lowest BCUT2D eigenvalue weighted by atomic mass is 9.91. The van der Waals surface area contributed by atoms with Crippen LogP contribution in [0.25, 0.3) is 0 Å². The molecule has 1 rings (SSSR count). The first-order valence-electron chi connectivity index (χ1n) is 5.26. The van der Waals surface area contributed by atoms with E-state index in [-0.39, 0.29) is 12.2 Å². The largest absolute Gasteiger partial charge is 0.390 e. The second-order valence-electron chi connectivity index (χ2n) is 3.76. The first-order chi connectivity index (χ1) is 6.25. The van der Waals surface area contributed by atoms with E-state index < -0.39 is 0 Å². The van der Waals surface area contributed by atoms with E-state index in [1.165, 1.54) is 6.42 Å². The topological polar surface area (TPSA) is 41.5 Å². The Balaban J connectivity index is 2.31. The number of hydrogen-bond donors (Lipinski definition) is 2. The van der Waals surface area contributed by atoms with E-state index in [1.54, 1.807) is 0 Å². The minimum atomic E-state index is -0.312. The lowest BCUT2D eigenvalue weighted by Crippen LogP contribution is -2.42. The van der Waals surface area contributed by atoms with Crippen molar-refractivity contribution in [1.29, 1.82) is 0 Å². The monoisotopic (exact) mass is 187 g/mol. The fourth-order valence-corrected chi connectivity index (χ4v) is 1.92. The minimum Gasteiger partial charge on any atom is -0.390 e. The third-order valence-electron chi connectivity index (χ3n) is 2.73. The van der Waals surface area contributed by atoms with E-state index in [0.717, 1.165) is 19.5 Å². The molecule has 0 saturated carbocycles. The van der Waals surface area contributed by atoms with Gasteiger partial charge in [0.1, 0.15) is 0 Å². The molecule has 0 spiro atoms. The number of rotatable bonds is 4. The molecule has 0 aromatic carbocycles. The molecule has 1 fully saturated rings. The van der Waals surface area contributed by atoms with Crippen LogP contribution in [0, 0.1) is 5.92 Å². The maximum Gasteiger partial charge on any atom is 0.0839 e. The number of piperidine rings is 1. The molecule has 0 aromatic heterocycles. The quantitative estimate of drug-likeness (QED) is 0.683. The van der Waals surface area contributed by atoms with Gasteiger partial charge in [0.05, 0.1) is 12.2 Å². The molecule has 0 aromatic rings. The highest BCUT2D eigenvalue weighted by Crippen LogP contribution is 2.18. The zero-order valence-corrected chi connectivity index (χ0v) is 8.62. The van der Waals surface area contributed by atoms with Gasteiger partial charge in [0.15, 0.2) is 0 Å². The number of ether oxygens (including phenoxy) is 1. The van der Waals surface area contributed by atoms with Crippen LogP contribution in [0.2, 0.25) is 0 Å². The van der Waals surface area contributed by atoms with E-state index >= 15 is 0 Å². The number of aliphatic hydroxyl groups is 1. The molecule has 0 radical (unpaired) electrons. The van der Waals surface area contributed by atoms with E-state index in [9.17, 15) is 5.11 Å². The standard InChI is InChI=1S/C10H21NO2/c1-3-13-8(2)10(12)9-5-4-6-11-7-9/h8-12H,3-7H2,1-2H3. The maximum absolute atomic E-state index is 9.91. The van der Waals surface area contributed by atoms with Crippen LogP contribution in [0.4, 0.5) is 0 Å². The van der Waals surface area contributed by atoms with Gasteiger partial charge in [-0.2, -0.15) is 0 Å². The maximum atomic E-state index is 9.91. The Bertz CT molecular complexity index is 135. The predicted octanol–water partition coefficient (Wildman–Crippen LogP) is 0.772. The molecule has 3 heteroatoms. The molecule has 13 heavy (non-hydrogen) atoms. The molecule has 78 valence electrons. The molecule has 0 bridgehead atoms. The summed E-state index contributed by atoms with van der Waals surface area (Å²) < 4.78 is 5.38. The van der Waals surface area contributed by atoms with Crippen LogP contribution in [0.3, 0.4) is 0 Å². The smallest absolute Gasteiger partial charge is 0.0839 e. The lowest BCUT2D eigenvalue weighted by molar-refractivity contribution is -0.0524. The molecule has 0 amide bonds. The van der Waals surface area contributed by atoms with Crippen LogP contribution < -0.4 is 5.32 Å². The van der Waals surface area contributed by atoms with Crippen molar-refractivity contribution >= 4 is 0 Å². The van der Waals surface area contributed by atoms with Gasteiger partial charge in [0.25, 0.3) is 0 Å². The molecule has 0 aliphatic carbocycles. The summed E-state index contributed by atoms with van der Waals surface area (Å²) in [6.07, 6.45) is 1.94. The summed E-state index contributed by atoms with van der Waals surface area (Å²) in [5.41, 5.74) is 0. The van der Waals surface area contributed by atoms with Crippen molar-refractivity contribution in [2.45, 2.75) is 38.9 Å². The third kappa shape index (κ3) is 3.25. The zero-order valence-electron chi connectivity index (χ0n) is 8.62. The molecule has 2 N–H and O–H groups in total. The lowest BCUT2D eigenvalue weighted by Gasteiger charge is -2.30. The van der Waals surface area contributed by atoms with E-state index in [0.29, 0.717) is 12.5 Å². The van der Waals surface area contributed by atoms with Crippen molar-refractivity contribution in [1.82, 2.24) is 5.32 Å². The van der Waals surface area contributed by atoms with Gasteiger partial charge in [-0.3, -0.25) is 0 Å². The highest BCUT2D eigenvalue weighted by molar-refractivity contribution is 4.79. The SMILES string of the molecule is CCOC(C)C(O)C1CCCNC1. The first-order valence-corrected chi connectivity index (χ1v) is 5.26. The first kappa shape index (κ1) is 11.0. The van der Waals surface area contributed by atoms with Gasteiger partial charge in [-0.15, -0.1) is 0 Å². The Morgan fingerprint density at radius 2 is 2.38 bits per heavy atom. The van der Waals surface area contributed by atoms with Gasteiger partial charge in [-0.25, -0.2) is 0 Å². The highest BCUT2D eigenvalue weighted by Gasteiger charge is 2.26. The van der Waals surface area contributed by atoms with Crippen LogP contribution in [-0.4, -0.2) is 37.0 Å². The molecule has 1 aliphatic heterocycles. The summed E-state index contributed by atoms with van der Waals surface area (Å²) in [5, 5.41) is 13.2. The number of hydrogen-bond acceptors (Lipinski definition) is 3. The van der Waals surface area contributed by atoms with Crippen LogP contribution in [0.5, 0.6) is 0 Å². The Labute approximate surface area is 80.5 Å². The van der Waals surface area contributed by atoms with Crippen LogP contribution in [0.1, 0.15) is 26.7 Å². The Kier molecular flexibility index (Phi) is 4.70. The fourth-order valence-electron chi connectivity index (χ4n) is 1.92. The van der Waals surface area contributed by atoms with Crippen molar-refractivity contribution < 1.29 is 9.84 Å². The molecule has 1 aliphatic rings. The molecule has 1 heterocycles. The van der Waals surface area contributed by atoms with Crippen molar-refractivity contribution in [3.05, 3.63) is 0 Å². The summed E-state index contributed by atoms with van der Waals surface area (Å²) in [5.74, 6) is 0.371. The molecular weight excluding hydrogens is 166 g/mol. The predicted molar refractivity (Wildman–Crippen MR) is 52.7 cm³/mol. The van der Waals surface area contributed by atoms with E-state index in [4.69, 9.17) is 4.74 Å².